The number of nitrogens with one attached hydrogen (secondary N) is 3. The zero-order valence-electron chi connectivity index (χ0n) is 12.0. The topological polar surface area (TPSA) is 86.9 Å². The van der Waals surface area contributed by atoms with Gasteiger partial charge in [-0.1, -0.05) is 23.6 Å². The first-order valence-electron chi connectivity index (χ1n) is 6.70. The van der Waals surface area contributed by atoms with Crippen molar-refractivity contribution in [1.82, 2.24) is 9.97 Å². The predicted molar refractivity (Wildman–Crippen MR) is 93.5 cm³/mol. The molecular formula is C15H12N4O2S2. The Morgan fingerprint density at radius 3 is 2.83 bits per heavy atom. The normalized spacial score (nSPS) is 10.5. The molecule has 0 fully saturated rings. The third kappa shape index (κ3) is 3.43. The summed E-state index contributed by atoms with van der Waals surface area (Å²) in [6.07, 6.45) is 1.67. The molecule has 0 aliphatic carbocycles. The molecule has 0 saturated heterocycles. The molecule has 0 saturated carbocycles. The number of aromatic nitrogens is 2. The van der Waals surface area contributed by atoms with Crippen molar-refractivity contribution in [2.75, 3.05) is 10.6 Å². The molecule has 23 heavy (non-hydrogen) atoms. The monoisotopic (exact) mass is 344 g/mol. The summed E-state index contributed by atoms with van der Waals surface area (Å²) in [5, 5.41) is 5.93. The molecule has 0 unspecified atom stereocenters. The van der Waals surface area contributed by atoms with E-state index in [0.717, 1.165) is 10.2 Å². The van der Waals surface area contributed by atoms with Crippen LogP contribution in [0.2, 0.25) is 0 Å². The van der Waals surface area contributed by atoms with Crippen LogP contribution in [0.25, 0.3) is 10.2 Å². The molecule has 116 valence electrons. The van der Waals surface area contributed by atoms with E-state index in [1.54, 1.807) is 30.5 Å². The predicted octanol–water partition coefficient (Wildman–Crippen LogP) is 3.56. The van der Waals surface area contributed by atoms with E-state index in [9.17, 15) is 9.59 Å². The van der Waals surface area contributed by atoms with Crippen LogP contribution in [-0.2, 0) is 4.79 Å². The average molecular weight is 344 g/mol. The highest BCUT2D eigenvalue weighted by Gasteiger charge is 2.11. The molecule has 0 bridgehead atoms. The number of aromatic amines is 1. The number of hydrogen-bond donors (Lipinski definition) is 3. The maximum Gasteiger partial charge on any atom is 0.260 e. The van der Waals surface area contributed by atoms with Crippen molar-refractivity contribution in [2.45, 2.75) is 6.92 Å². The van der Waals surface area contributed by atoms with Crippen molar-refractivity contribution in [1.29, 1.82) is 0 Å². The van der Waals surface area contributed by atoms with Gasteiger partial charge in [-0.3, -0.25) is 14.9 Å². The Balaban J connectivity index is 1.86. The van der Waals surface area contributed by atoms with E-state index in [4.69, 9.17) is 12.2 Å². The maximum absolute atomic E-state index is 12.2. The molecule has 8 heteroatoms. The number of carbonyl (C=O) groups is 2. The summed E-state index contributed by atoms with van der Waals surface area (Å²) in [6.45, 7) is 1.45. The fraction of sp³-hybridized carbons (Fsp3) is 0.0667. The van der Waals surface area contributed by atoms with E-state index in [1.165, 1.54) is 18.3 Å². The van der Waals surface area contributed by atoms with Gasteiger partial charge in [0.1, 0.15) is 4.64 Å². The lowest BCUT2D eigenvalue weighted by atomic mass is 10.3. The van der Waals surface area contributed by atoms with Crippen LogP contribution in [-0.4, -0.2) is 21.8 Å². The Hall–Kier alpha value is -2.58. The SMILES string of the molecule is CC(=O)Nc1ccc2nc(NC(=O)c3ccc[nH]c3=S)sc2c1. The van der Waals surface area contributed by atoms with Gasteiger partial charge in [-0.15, -0.1) is 0 Å². The zero-order chi connectivity index (χ0) is 16.4. The van der Waals surface area contributed by atoms with Crippen LogP contribution >= 0.6 is 23.6 Å². The molecule has 3 rings (SSSR count). The molecule has 0 aliphatic heterocycles. The van der Waals surface area contributed by atoms with Gasteiger partial charge in [0.25, 0.3) is 5.91 Å². The van der Waals surface area contributed by atoms with E-state index >= 15 is 0 Å². The summed E-state index contributed by atoms with van der Waals surface area (Å²) in [5.41, 5.74) is 1.83. The van der Waals surface area contributed by atoms with E-state index in [2.05, 4.69) is 20.6 Å². The summed E-state index contributed by atoms with van der Waals surface area (Å²) >= 11 is 6.42. The first-order valence-corrected chi connectivity index (χ1v) is 7.92. The van der Waals surface area contributed by atoms with Crippen molar-refractivity contribution in [3.63, 3.8) is 0 Å². The van der Waals surface area contributed by atoms with Crippen LogP contribution in [0.3, 0.4) is 0 Å². The number of rotatable bonds is 3. The average Bonchev–Trinajstić information content (AvgIpc) is 2.88. The highest BCUT2D eigenvalue weighted by Crippen LogP contribution is 2.28. The largest absolute Gasteiger partial charge is 0.352 e. The van der Waals surface area contributed by atoms with Gasteiger partial charge in [0.15, 0.2) is 5.13 Å². The minimum atomic E-state index is -0.312. The quantitative estimate of drug-likeness (QED) is 0.634. The lowest BCUT2D eigenvalue weighted by Gasteiger charge is -2.00. The molecule has 0 spiro atoms. The van der Waals surface area contributed by atoms with Crippen molar-refractivity contribution < 1.29 is 9.59 Å². The number of thiazole rings is 1. The minimum absolute atomic E-state index is 0.138. The van der Waals surface area contributed by atoms with Crippen molar-refractivity contribution in [3.05, 3.63) is 46.7 Å². The van der Waals surface area contributed by atoms with E-state index in [-0.39, 0.29) is 11.8 Å². The van der Waals surface area contributed by atoms with Crippen LogP contribution in [0, 0.1) is 4.64 Å². The molecular weight excluding hydrogens is 332 g/mol. The van der Waals surface area contributed by atoms with Crippen LogP contribution in [0.15, 0.2) is 36.5 Å². The van der Waals surface area contributed by atoms with E-state index in [0.29, 0.717) is 21.0 Å². The summed E-state index contributed by atoms with van der Waals surface area (Å²) in [6, 6.07) is 8.74. The molecule has 1 aromatic carbocycles. The number of fused-ring (bicyclic) bond motifs is 1. The van der Waals surface area contributed by atoms with Crippen LogP contribution in [0.5, 0.6) is 0 Å². The molecule has 2 heterocycles. The van der Waals surface area contributed by atoms with E-state index in [1.807, 2.05) is 6.07 Å². The van der Waals surface area contributed by atoms with Gasteiger partial charge in [-0.05, 0) is 30.3 Å². The Morgan fingerprint density at radius 1 is 1.26 bits per heavy atom. The van der Waals surface area contributed by atoms with Crippen LogP contribution in [0.1, 0.15) is 17.3 Å². The standard InChI is InChI=1S/C15H12N4O2S2/c1-8(20)17-9-4-5-11-12(7-9)23-15(18-11)19-13(21)10-3-2-6-16-14(10)22/h2-7H,1H3,(H,16,22)(H,17,20)(H,18,19,21). The smallest absolute Gasteiger partial charge is 0.260 e. The molecule has 0 atom stereocenters. The number of hydrogen-bond acceptors (Lipinski definition) is 5. The van der Waals surface area contributed by atoms with Gasteiger partial charge in [0.2, 0.25) is 5.91 Å². The highest BCUT2D eigenvalue weighted by atomic mass is 32.1. The van der Waals surface area contributed by atoms with E-state index < -0.39 is 0 Å². The Labute approximate surface area is 140 Å². The summed E-state index contributed by atoms with van der Waals surface area (Å²) in [5.74, 6) is -0.450. The third-order valence-corrected chi connectivity index (χ3v) is 4.26. The Morgan fingerprint density at radius 2 is 2.09 bits per heavy atom. The highest BCUT2D eigenvalue weighted by molar-refractivity contribution is 7.71. The summed E-state index contributed by atoms with van der Waals surface area (Å²) in [4.78, 5) is 30.5. The summed E-state index contributed by atoms with van der Waals surface area (Å²) in [7, 11) is 0. The molecule has 0 aliphatic rings. The van der Waals surface area contributed by atoms with Gasteiger partial charge in [-0.25, -0.2) is 4.98 Å². The molecule has 3 N–H and O–H groups in total. The molecule has 2 aromatic heterocycles. The third-order valence-electron chi connectivity index (χ3n) is 2.99. The van der Waals surface area contributed by atoms with Crippen molar-refractivity contribution >= 4 is 56.4 Å². The number of carbonyl (C=O) groups excluding carboxylic acids is 2. The number of benzene rings is 1. The number of pyridine rings is 1. The van der Waals surface area contributed by atoms with Crippen molar-refractivity contribution in [3.8, 4) is 0 Å². The second kappa shape index (κ2) is 6.27. The molecule has 6 nitrogen and oxygen atoms in total. The summed E-state index contributed by atoms with van der Waals surface area (Å²) < 4.78 is 1.24. The second-order valence-corrected chi connectivity index (χ2v) is 6.19. The number of H-pyrrole nitrogens is 1. The first kappa shape index (κ1) is 15.3. The molecule has 3 aromatic rings. The van der Waals surface area contributed by atoms with Gasteiger partial charge in [-0.2, -0.15) is 0 Å². The zero-order valence-corrected chi connectivity index (χ0v) is 13.7. The lowest BCUT2D eigenvalue weighted by molar-refractivity contribution is -0.114. The second-order valence-electron chi connectivity index (χ2n) is 4.75. The van der Waals surface area contributed by atoms with Gasteiger partial charge >= 0.3 is 0 Å². The Bertz CT molecular complexity index is 961. The van der Waals surface area contributed by atoms with Gasteiger partial charge < -0.3 is 10.3 Å². The fourth-order valence-electron chi connectivity index (χ4n) is 2.02. The first-order chi connectivity index (χ1) is 11.0. The molecule has 2 amide bonds. The van der Waals surface area contributed by atoms with Crippen molar-refractivity contribution in [2.24, 2.45) is 0 Å². The number of nitrogens with zero attached hydrogens (tertiary/aromatic N) is 1. The lowest BCUT2D eigenvalue weighted by Crippen LogP contribution is -2.12. The number of amides is 2. The molecule has 0 radical (unpaired) electrons. The maximum atomic E-state index is 12.2. The number of anilines is 2. The van der Waals surface area contributed by atoms with Crippen LogP contribution < -0.4 is 10.6 Å². The van der Waals surface area contributed by atoms with Gasteiger partial charge in [0, 0.05) is 18.8 Å². The Kier molecular flexibility index (Phi) is 4.18. The minimum Gasteiger partial charge on any atom is -0.352 e. The van der Waals surface area contributed by atoms with Crippen LogP contribution in [0.4, 0.5) is 10.8 Å². The van der Waals surface area contributed by atoms with Gasteiger partial charge in [0.05, 0.1) is 15.8 Å². The fourth-order valence-corrected chi connectivity index (χ4v) is 3.15.